The zero-order valence-electron chi connectivity index (χ0n) is 9.10. The van der Waals surface area contributed by atoms with Gasteiger partial charge in [-0.15, -0.1) is 0 Å². The number of benzene rings is 1. The average molecular weight is 217 g/mol. The molecule has 1 N–H and O–H groups in total. The lowest BCUT2D eigenvalue weighted by atomic mass is 9.95. The molecule has 1 aliphatic heterocycles. The van der Waals surface area contributed by atoms with E-state index in [9.17, 15) is 4.79 Å². The first-order valence-electron chi connectivity index (χ1n) is 5.80. The Hall–Kier alpha value is -1.35. The van der Waals surface area contributed by atoms with Crippen LogP contribution in [0.25, 0.3) is 0 Å². The Balaban J connectivity index is 1.73. The maximum atomic E-state index is 10.8. The summed E-state index contributed by atoms with van der Waals surface area (Å²) in [7, 11) is 0. The van der Waals surface area contributed by atoms with Crippen molar-refractivity contribution >= 4 is 5.97 Å². The lowest BCUT2D eigenvalue weighted by molar-refractivity contribution is -0.148. The number of carbonyl (C=O) groups is 1. The van der Waals surface area contributed by atoms with Gasteiger partial charge in [-0.2, -0.15) is 0 Å². The lowest BCUT2D eigenvalue weighted by Crippen LogP contribution is -2.51. The van der Waals surface area contributed by atoms with Gasteiger partial charge in [0, 0.05) is 19.1 Å². The highest BCUT2D eigenvalue weighted by Crippen LogP contribution is 2.38. The molecule has 1 unspecified atom stereocenters. The minimum Gasteiger partial charge on any atom is -0.481 e. The summed E-state index contributed by atoms with van der Waals surface area (Å²) in [6.45, 7) is 1.43. The Morgan fingerprint density at radius 3 is 2.81 bits per heavy atom. The first-order valence-corrected chi connectivity index (χ1v) is 5.80. The summed E-state index contributed by atoms with van der Waals surface area (Å²) in [6, 6.07) is 8.99. The van der Waals surface area contributed by atoms with Crippen LogP contribution in [0, 0.1) is 5.92 Å². The highest BCUT2D eigenvalue weighted by Gasteiger charge is 2.39. The van der Waals surface area contributed by atoms with E-state index in [0.717, 1.165) is 12.8 Å². The molecule has 0 spiro atoms. The van der Waals surface area contributed by atoms with E-state index in [1.807, 2.05) is 0 Å². The Labute approximate surface area is 94.7 Å². The smallest absolute Gasteiger partial charge is 0.309 e. The minimum absolute atomic E-state index is 0.146. The average Bonchev–Trinajstić information content (AvgIpc) is 2.60. The fraction of sp³-hybridized carbons (Fsp3) is 0.462. The van der Waals surface area contributed by atoms with Crippen LogP contribution < -0.4 is 0 Å². The van der Waals surface area contributed by atoms with Gasteiger partial charge in [0.15, 0.2) is 0 Å². The fourth-order valence-corrected chi connectivity index (χ4v) is 2.84. The highest BCUT2D eigenvalue weighted by atomic mass is 16.4. The summed E-state index contributed by atoms with van der Waals surface area (Å²) in [5.41, 5.74) is 2.85. The molecule has 84 valence electrons. The molecule has 1 aliphatic carbocycles. The number of likely N-dealkylation sites (tertiary alicyclic amines) is 1. The molecule has 3 heteroatoms. The van der Waals surface area contributed by atoms with Crippen molar-refractivity contribution in [3.63, 3.8) is 0 Å². The molecular formula is C13H15NO2. The number of hydrogen-bond acceptors (Lipinski definition) is 2. The fourth-order valence-electron chi connectivity index (χ4n) is 2.84. The third-order valence-corrected chi connectivity index (χ3v) is 3.80. The number of aryl methyl sites for hydroxylation is 1. The van der Waals surface area contributed by atoms with Crippen molar-refractivity contribution in [3.8, 4) is 0 Å². The van der Waals surface area contributed by atoms with Crippen molar-refractivity contribution in [2.24, 2.45) is 5.92 Å². The number of carboxylic acids is 1. The van der Waals surface area contributed by atoms with Crippen LogP contribution in [-0.4, -0.2) is 29.1 Å². The van der Waals surface area contributed by atoms with E-state index < -0.39 is 5.97 Å². The van der Waals surface area contributed by atoms with E-state index in [2.05, 4.69) is 29.2 Å². The summed E-state index contributed by atoms with van der Waals surface area (Å²) < 4.78 is 0. The van der Waals surface area contributed by atoms with Gasteiger partial charge < -0.3 is 5.11 Å². The van der Waals surface area contributed by atoms with Crippen molar-refractivity contribution in [3.05, 3.63) is 35.4 Å². The van der Waals surface area contributed by atoms with Gasteiger partial charge >= 0.3 is 5.97 Å². The summed E-state index contributed by atoms with van der Waals surface area (Å²) in [6.07, 6.45) is 2.28. The van der Waals surface area contributed by atoms with Crippen molar-refractivity contribution in [1.82, 2.24) is 4.90 Å². The van der Waals surface area contributed by atoms with Crippen molar-refractivity contribution in [2.75, 3.05) is 13.1 Å². The molecule has 1 fully saturated rings. The molecule has 3 nitrogen and oxygen atoms in total. The summed E-state index contributed by atoms with van der Waals surface area (Å²) in [5.74, 6) is -0.796. The largest absolute Gasteiger partial charge is 0.481 e. The van der Waals surface area contributed by atoms with Gasteiger partial charge in [0.2, 0.25) is 0 Å². The van der Waals surface area contributed by atoms with Crippen LogP contribution in [-0.2, 0) is 11.2 Å². The molecule has 0 saturated carbocycles. The summed E-state index contributed by atoms with van der Waals surface area (Å²) >= 11 is 0. The zero-order chi connectivity index (χ0) is 11.1. The van der Waals surface area contributed by atoms with E-state index in [1.54, 1.807) is 0 Å². The van der Waals surface area contributed by atoms with Crippen LogP contribution in [0.15, 0.2) is 24.3 Å². The van der Waals surface area contributed by atoms with Gasteiger partial charge in [-0.1, -0.05) is 24.3 Å². The van der Waals surface area contributed by atoms with Crippen LogP contribution in [0.5, 0.6) is 0 Å². The molecule has 2 aliphatic rings. The van der Waals surface area contributed by atoms with Gasteiger partial charge in [0.05, 0.1) is 5.92 Å². The molecule has 0 radical (unpaired) electrons. The normalized spacial score (nSPS) is 25.1. The topological polar surface area (TPSA) is 40.5 Å². The lowest BCUT2D eigenvalue weighted by Gasteiger charge is -2.41. The second kappa shape index (κ2) is 3.59. The standard InChI is InChI=1S/C13H15NO2/c15-13(16)10-7-14(8-10)12-6-5-9-3-1-2-4-11(9)12/h1-4,10,12H,5-8H2,(H,15,16). The summed E-state index contributed by atoms with van der Waals surface area (Å²) in [5, 5.41) is 8.86. The molecule has 0 bridgehead atoms. The van der Waals surface area contributed by atoms with Gasteiger partial charge in [-0.05, 0) is 24.0 Å². The second-order valence-corrected chi connectivity index (χ2v) is 4.74. The number of carboxylic acid groups (broad SMARTS) is 1. The predicted octanol–water partition coefficient (Wildman–Crippen LogP) is 1.69. The van der Waals surface area contributed by atoms with Crippen LogP contribution in [0.2, 0.25) is 0 Å². The Kier molecular flexibility index (Phi) is 2.21. The van der Waals surface area contributed by atoms with Gasteiger partial charge in [-0.3, -0.25) is 9.69 Å². The van der Waals surface area contributed by atoms with Crippen LogP contribution >= 0.6 is 0 Å². The van der Waals surface area contributed by atoms with Gasteiger partial charge in [-0.25, -0.2) is 0 Å². The third kappa shape index (κ3) is 1.43. The van der Waals surface area contributed by atoms with Crippen LogP contribution in [0.3, 0.4) is 0 Å². The molecule has 0 amide bonds. The number of nitrogens with zero attached hydrogens (tertiary/aromatic N) is 1. The quantitative estimate of drug-likeness (QED) is 0.819. The SMILES string of the molecule is O=C(O)C1CN(C2CCc3ccccc32)C1. The molecule has 1 aromatic rings. The minimum atomic E-state index is -0.650. The third-order valence-electron chi connectivity index (χ3n) is 3.80. The zero-order valence-corrected chi connectivity index (χ0v) is 9.10. The van der Waals surface area contributed by atoms with E-state index in [4.69, 9.17) is 5.11 Å². The van der Waals surface area contributed by atoms with E-state index in [1.165, 1.54) is 11.1 Å². The van der Waals surface area contributed by atoms with Crippen molar-refractivity contribution in [2.45, 2.75) is 18.9 Å². The molecule has 3 rings (SSSR count). The number of aliphatic carboxylic acids is 1. The van der Waals surface area contributed by atoms with E-state index in [-0.39, 0.29) is 5.92 Å². The summed E-state index contributed by atoms with van der Waals surface area (Å²) in [4.78, 5) is 13.1. The molecule has 1 atom stereocenters. The van der Waals surface area contributed by atoms with Crippen LogP contribution in [0.4, 0.5) is 0 Å². The van der Waals surface area contributed by atoms with Gasteiger partial charge in [0.1, 0.15) is 0 Å². The monoisotopic (exact) mass is 217 g/mol. The first-order chi connectivity index (χ1) is 7.75. The number of fused-ring (bicyclic) bond motifs is 1. The van der Waals surface area contributed by atoms with E-state index >= 15 is 0 Å². The van der Waals surface area contributed by atoms with Crippen LogP contribution in [0.1, 0.15) is 23.6 Å². The highest BCUT2D eigenvalue weighted by molar-refractivity contribution is 5.71. The molecule has 1 saturated heterocycles. The van der Waals surface area contributed by atoms with Gasteiger partial charge in [0.25, 0.3) is 0 Å². The number of hydrogen-bond donors (Lipinski definition) is 1. The molecule has 0 aromatic heterocycles. The Morgan fingerprint density at radius 1 is 1.31 bits per heavy atom. The van der Waals surface area contributed by atoms with Crippen molar-refractivity contribution in [1.29, 1.82) is 0 Å². The molecule has 1 heterocycles. The van der Waals surface area contributed by atoms with E-state index in [0.29, 0.717) is 19.1 Å². The maximum absolute atomic E-state index is 10.8. The van der Waals surface area contributed by atoms with Crippen molar-refractivity contribution < 1.29 is 9.90 Å². The molecule has 1 aromatic carbocycles. The Morgan fingerprint density at radius 2 is 2.06 bits per heavy atom. The second-order valence-electron chi connectivity index (χ2n) is 4.74. The maximum Gasteiger partial charge on any atom is 0.309 e. The number of rotatable bonds is 2. The first kappa shape index (κ1) is 9.85. The molecule has 16 heavy (non-hydrogen) atoms. The Bertz CT molecular complexity index is 424. The molecular weight excluding hydrogens is 202 g/mol. The predicted molar refractivity (Wildman–Crippen MR) is 60.2 cm³/mol.